The van der Waals surface area contributed by atoms with E-state index in [0.717, 1.165) is 38.9 Å². The number of aromatic nitrogens is 2. The molecule has 1 saturated heterocycles. The Morgan fingerprint density at radius 1 is 1.45 bits per heavy atom. The number of nitrogens with two attached hydrogens (primary N) is 1. The molecule has 2 N–H and O–H groups in total. The highest BCUT2D eigenvalue weighted by atomic mass is 16.2. The largest absolute Gasteiger partial charge is 0.341 e. The van der Waals surface area contributed by atoms with E-state index < -0.39 is 0 Å². The number of piperidine rings is 1. The van der Waals surface area contributed by atoms with E-state index in [4.69, 9.17) is 5.73 Å². The van der Waals surface area contributed by atoms with Gasteiger partial charge < -0.3 is 10.6 Å². The number of nitrogens with zero attached hydrogens (tertiary/aromatic N) is 3. The molecule has 0 spiro atoms. The van der Waals surface area contributed by atoms with Gasteiger partial charge in [0, 0.05) is 32.0 Å². The number of amides is 1. The Labute approximate surface area is 121 Å². The first-order valence-corrected chi connectivity index (χ1v) is 7.63. The fraction of sp³-hybridized carbons (Fsp3) is 0.733. The molecule has 0 bridgehead atoms. The number of rotatable bonds is 5. The Morgan fingerprint density at radius 3 is 2.70 bits per heavy atom. The Balaban J connectivity index is 1.80. The minimum atomic E-state index is -0.345. The molecule has 5 heteroatoms. The third-order valence-corrected chi connectivity index (χ3v) is 4.47. The summed E-state index contributed by atoms with van der Waals surface area (Å²) in [5, 5.41) is 4.24. The predicted octanol–water partition coefficient (Wildman–Crippen LogP) is 1.50. The Hall–Kier alpha value is -1.36. The summed E-state index contributed by atoms with van der Waals surface area (Å²) in [6, 6.07) is 1.60. The van der Waals surface area contributed by atoms with Gasteiger partial charge in [0.1, 0.15) is 0 Å². The van der Waals surface area contributed by atoms with Crippen LogP contribution in [0.1, 0.15) is 33.1 Å². The average Bonchev–Trinajstić information content (AvgIpc) is 2.98. The van der Waals surface area contributed by atoms with Crippen LogP contribution in [-0.4, -0.2) is 39.7 Å². The molecule has 2 heterocycles. The van der Waals surface area contributed by atoms with Crippen molar-refractivity contribution in [2.75, 3.05) is 13.1 Å². The van der Waals surface area contributed by atoms with E-state index >= 15 is 0 Å². The van der Waals surface area contributed by atoms with Crippen LogP contribution >= 0.6 is 0 Å². The summed E-state index contributed by atoms with van der Waals surface area (Å²) in [7, 11) is 0. The molecule has 1 aliphatic heterocycles. The maximum Gasteiger partial charge on any atom is 0.239 e. The van der Waals surface area contributed by atoms with Crippen LogP contribution < -0.4 is 5.73 Å². The summed E-state index contributed by atoms with van der Waals surface area (Å²) < 4.78 is 1.98. The lowest BCUT2D eigenvalue weighted by Crippen LogP contribution is -2.49. The lowest BCUT2D eigenvalue weighted by molar-refractivity contribution is -0.135. The first-order valence-electron chi connectivity index (χ1n) is 7.63. The highest BCUT2D eigenvalue weighted by Crippen LogP contribution is 2.20. The number of carbonyl (C=O) groups excluding carboxylic acids is 1. The molecule has 2 unspecified atom stereocenters. The first-order chi connectivity index (χ1) is 9.61. The van der Waals surface area contributed by atoms with Crippen molar-refractivity contribution in [2.24, 2.45) is 17.6 Å². The molecule has 1 amide bonds. The van der Waals surface area contributed by atoms with Crippen molar-refractivity contribution in [3.8, 4) is 0 Å². The van der Waals surface area contributed by atoms with Crippen LogP contribution in [0.2, 0.25) is 0 Å². The topological polar surface area (TPSA) is 64.2 Å². The van der Waals surface area contributed by atoms with Gasteiger partial charge in [-0.05, 0) is 30.7 Å². The quantitative estimate of drug-likeness (QED) is 0.887. The molecule has 0 aromatic carbocycles. The first kappa shape index (κ1) is 15.0. The van der Waals surface area contributed by atoms with Crippen molar-refractivity contribution in [3.05, 3.63) is 18.5 Å². The van der Waals surface area contributed by atoms with Gasteiger partial charge in [-0.15, -0.1) is 0 Å². The van der Waals surface area contributed by atoms with Crippen molar-refractivity contribution in [1.82, 2.24) is 14.7 Å². The van der Waals surface area contributed by atoms with Crippen molar-refractivity contribution in [3.63, 3.8) is 0 Å². The highest BCUT2D eigenvalue weighted by Gasteiger charge is 2.28. The lowest BCUT2D eigenvalue weighted by atomic mass is 9.94. The van der Waals surface area contributed by atoms with Gasteiger partial charge in [0.2, 0.25) is 5.91 Å². The van der Waals surface area contributed by atoms with Gasteiger partial charge in [0.15, 0.2) is 0 Å². The second kappa shape index (κ2) is 6.88. The van der Waals surface area contributed by atoms with Crippen LogP contribution in [0.15, 0.2) is 18.5 Å². The summed E-state index contributed by atoms with van der Waals surface area (Å²) in [6.45, 7) is 6.73. The van der Waals surface area contributed by atoms with Gasteiger partial charge in [0.05, 0.1) is 6.04 Å². The van der Waals surface area contributed by atoms with Gasteiger partial charge in [-0.25, -0.2) is 0 Å². The normalized spacial score (nSPS) is 19.9. The Morgan fingerprint density at radius 2 is 2.15 bits per heavy atom. The lowest BCUT2D eigenvalue weighted by Gasteiger charge is -2.34. The molecule has 1 aliphatic rings. The molecule has 0 saturated carbocycles. The van der Waals surface area contributed by atoms with E-state index in [1.54, 1.807) is 0 Å². The van der Waals surface area contributed by atoms with Gasteiger partial charge >= 0.3 is 0 Å². The Bertz CT molecular complexity index is 410. The van der Waals surface area contributed by atoms with Gasteiger partial charge in [0.25, 0.3) is 0 Å². The zero-order valence-electron chi connectivity index (χ0n) is 12.5. The average molecular weight is 278 g/mol. The van der Waals surface area contributed by atoms with Gasteiger partial charge in [-0.3, -0.25) is 9.48 Å². The molecule has 0 aliphatic carbocycles. The molecule has 1 fully saturated rings. The Kier molecular flexibility index (Phi) is 5.17. The summed E-state index contributed by atoms with van der Waals surface area (Å²) >= 11 is 0. The third kappa shape index (κ3) is 3.60. The van der Waals surface area contributed by atoms with Crippen molar-refractivity contribution in [1.29, 1.82) is 0 Å². The summed E-state index contributed by atoms with van der Waals surface area (Å²) in [5.41, 5.74) is 6.04. The van der Waals surface area contributed by atoms with Crippen molar-refractivity contribution >= 4 is 5.91 Å². The maximum absolute atomic E-state index is 12.3. The molecule has 0 radical (unpaired) electrons. The monoisotopic (exact) mass is 278 g/mol. The SMILES string of the molecule is CCC(C)C(N)C(=O)N1CCC(Cn2cccn2)CC1. The fourth-order valence-corrected chi connectivity index (χ4v) is 2.72. The zero-order chi connectivity index (χ0) is 14.5. The van der Waals surface area contributed by atoms with Crippen LogP contribution in [0.5, 0.6) is 0 Å². The van der Waals surface area contributed by atoms with E-state index in [9.17, 15) is 4.79 Å². The van der Waals surface area contributed by atoms with Crippen LogP contribution in [0, 0.1) is 11.8 Å². The molecule has 2 atom stereocenters. The third-order valence-electron chi connectivity index (χ3n) is 4.47. The second-order valence-corrected chi connectivity index (χ2v) is 5.91. The molecule has 20 heavy (non-hydrogen) atoms. The van der Waals surface area contributed by atoms with Crippen molar-refractivity contribution in [2.45, 2.75) is 45.7 Å². The van der Waals surface area contributed by atoms with Crippen LogP contribution in [0.3, 0.4) is 0 Å². The number of hydrogen-bond acceptors (Lipinski definition) is 3. The molecule has 5 nitrogen and oxygen atoms in total. The van der Waals surface area contributed by atoms with Gasteiger partial charge in [-0.1, -0.05) is 20.3 Å². The smallest absolute Gasteiger partial charge is 0.239 e. The molecule has 1 aromatic heterocycles. The molecular weight excluding hydrogens is 252 g/mol. The summed E-state index contributed by atoms with van der Waals surface area (Å²) in [5.74, 6) is 0.986. The summed E-state index contributed by atoms with van der Waals surface area (Å²) in [4.78, 5) is 14.2. The van der Waals surface area contributed by atoms with E-state index in [1.165, 1.54) is 0 Å². The minimum Gasteiger partial charge on any atom is -0.341 e. The molecule has 112 valence electrons. The van der Waals surface area contributed by atoms with E-state index in [-0.39, 0.29) is 17.9 Å². The predicted molar refractivity (Wildman–Crippen MR) is 79.0 cm³/mol. The molecule has 1 aromatic rings. The zero-order valence-corrected chi connectivity index (χ0v) is 12.5. The van der Waals surface area contributed by atoms with E-state index in [0.29, 0.717) is 5.92 Å². The van der Waals surface area contributed by atoms with Crippen molar-refractivity contribution < 1.29 is 4.79 Å². The van der Waals surface area contributed by atoms with Gasteiger partial charge in [-0.2, -0.15) is 5.10 Å². The number of hydrogen-bond donors (Lipinski definition) is 1. The van der Waals surface area contributed by atoms with E-state index in [2.05, 4.69) is 12.0 Å². The molecular formula is C15H26N4O. The number of carbonyl (C=O) groups is 1. The van der Waals surface area contributed by atoms with Crippen LogP contribution in [-0.2, 0) is 11.3 Å². The fourth-order valence-electron chi connectivity index (χ4n) is 2.72. The molecule has 2 rings (SSSR count). The maximum atomic E-state index is 12.3. The standard InChI is InChI=1S/C15H26N4O/c1-3-12(2)14(16)15(20)18-9-5-13(6-10-18)11-19-8-4-7-17-19/h4,7-8,12-14H,3,5-6,9-11,16H2,1-2H3. The van der Waals surface area contributed by atoms with E-state index in [1.807, 2.05) is 35.0 Å². The highest BCUT2D eigenvalue weighted by molar-refractivity contribution is 5.82. The summed E-state index contributed by atoms with van der Waals surface area (Å²) in [6.07, 6.45) is 6.83. The van der Waals surface area contributed by atoms with Crippen LogP contribution in [0.25, 0.3) is 0 Å². The minimum absolute atomic E-state index is 0.122. The number of likely N-dealkylation sites (tertiary alicyclic amines) is 1. The van der Waals surface area contributed by atoms with Crippen LogP contribution in [0.4, 0.5) is 0 Å². The second-order valence-electron chi connectivity index (χ2n) is 5.91.